The maximum absolute atomic E-state index is 12.3. The van der Waals surface area contributed by atoms with Crippen LogP contribution in [0.4, 0.5) is 5.69 Å². The molecule has 0 N–H and O–H groups in total. The minimum absolute atomic E-state index is 0.0601. The second-order valence-electron chi connectivity index (χ2n) is 7.20. The van der Waals surface area contributed by atoms with Crippen molar-refractivity contribution in [3.8, 4) is 11.5 Å². The Hall–Kier alpha value is -3.98. The number of carbonyl (C=O) groups excluding carboxylic acids is 1. The van der Waals surface area contributed by atoms with E-state index in [0.29, 0.717) is 35.8 Å². The molecule has 0 aliphatic carbocycles. The normalized spacial score (nSPS) is 14.0. The first-order valence-corrected chi connectivity index (χ1v) is 11.1. The van der Waals surface area contributed by atoms with Crippen molar-refractivity contribution in [2.75, 3.05) is 6.61 Å². The molecule has 1 aliphatic heterocycles. The lowest BCUT2D eigenvalue weighted by molar-refractivity contribution is -0.384. The molecule has 0 saturated heterocycles. The zero-order valence-electron chi connectivity index (χ0n) is 18.1. The monoisotopic (exact) mass is 522 g/mol. The maximum Gasteiger partial charge on any atom is 0.363 e. The minimum atomic E-state index is -0.610. The van der Waals surface area contributed by atoms with Crippen LogP contribution in [0.2, 0.25) is 0 Å². The molecule has 0 unspecified atom stereocenters. The Balaban J connectivity index is 1.54. The van der Waals surface area contributed by atoms with E-state index in [1.807, 2.05) is 31.2 Å². The first-order valence-electron chi connectivity index (χ1n) is 10.3. The van der Waals surface area contributed by atoms with Crippen molar-refractivity contribution in [1.29, 1.82) is 0 Å². The quantitative estimate of drug-likeness (QED) is 0.163. The Kier molecular flexibility index (Phi) is 7.03. The first kappa shape index (κ1) is 23.2. The number of non-ortho nitro benzene ring substituents is 1. The number of nitro groups is 1. The summed E-state index contributed by atoms with van der Waals surface area (Å²) in [7, 11) is 0. The average Bonchev–Trinajstić information content (AvgIpc) is 3.19. The van der Waals surface area contributed by atoms with E-state index in [9.17, 15) is 14.9 Å². The maximum atomic E-state index is 12.3. The van der Waals surface area contributed by atoms with Crippen molar-refractivity contribution >= 4 is 39.6 Å². The van der Waals surface area contributed by atoms with E-state index in [-0.39, 0.29) is 17.3 Å². The molecule has 0 fully saturated rings. The van der Waals surface area contributed by atoms with E-state index in [0.717, 1.165) is 10.0 Å². The van der Waals surface area contributed by atoms with Gasteiger partial charge in [-0.15, -0.1) is 0 Å². The molecule has 1 aliphatic rings. The lowest BCUT2D eigenvalue weighted by atomic mass is 10.1. The molecule has 172 valence electrons. The molecule has 0 amide bonds. The Bertz CT molecular complexity index is 1300. The standard InChI is InChI=1S/C25H19BrN2O6/c1-2-32-23-14-16(6-11-22(23)33-15-17-4-3-5-19(26)12-17)13-21-25(29)34-24(27-21)18-7-9-20(10-8-18)28(30)31/h3-14H,2,15H2,1H3/b21-13-. The Labute approximate surface area is 203 Å². The topological polar surface area (TPSA) is 100 Å². The Morgan fingerprint density at radius 3 is 2.56 bits per heavy atom. The fraction of sp³-hybridized carbons (Fsp3) is 0.120. The number of nitro benzene ring substituents is 1. The fourth-order valence-corrected chi connectivity index (χ4v) is 3.65. The van der Waals surface area contributed by atoms with Gasteiger partial charge in [-0.05, 0) is 60.5 Å². The Morgan fingerprint density at radius 1 is 1.06 bits per heavy atom. The highest BCUT2D eigenvalue weighted by Gasteiger charge is 2.24. The number of carbonyl (C=O) groups is 1. The molecule has 4 rings (SSSR count). The highest BCUT2D eigenvalue weighted by molar-refractivity contribution is 9.10. The molecule has 0 atom stereocenters. The third kappa shape index (κ3) is 5.49. The van der Waals surface area contributed by atoms with Crippen LogP contribution in [0.5, 0.6) is 11.5 Å². The second-order valence-corrected chi connectivity index (χ2v) is 8.11. The number of aliphatic imine (C=N–C) groups is 1. The summed E-state index contributed by atoms with van der Waals surface area (Å²) in [4.78, 5) is 26.9. The summed E-state index contributed by atoms with van der Waals surface area (Å²) in [5, 5.41) is 10.8. The van der Waals surface area contributed by atoms with Crippen LogP contribution >= 0.6 is 15.9 Å². The molecule has 9 heteroatoms. The number of ether oxygens (including phenoxy) is 3. The van der Waals surface area contributed by atoms with Crippen molar-refractivity contribution in [3.05, 3.63) is 104 Å². The predicted octanol–water partition coefficient (Wildman–Crippen LogP) is 5.68. The number of cyclic esters (lactones) is 1. The summed E-state index contributed by atoms with van der Waals surface area (Å²) in [6, 6.07) is 18.8. The van der Waals surface area contributed by atoms with E-state index in [1.165, 1.54) is 24.3 Å². The van der Waals surface area contributed by atoms with Gasteiger partial charge in [0, 0.05) is 22.2 Å². The van der Waals surface area contributed by atoms with Crippen molar-refractivity contribution in [1.82, 2.24) is 0 Å². The molecule has 0 saturated carbocycles. The zero-order valence-corrected chi connectivity index (χ0v) is 19.7. The molecule has 0 aromatic heterocycles. The summed E-state index contributed by atoms with van der Waals surface area (Å²) in [6.07, 6.45) is 1.58. The molecule has 3 aromatic rings. The van der Waals surface area contributed by atoms with Gasteiger partial charge < -0.3 is 14.2 Å². The van der Waals surface area contributed by atoms with Crippen LogP contribution in [0.1, 0.15) is 23.6 Å². The highest BCUT2D eigenvalue weighted by Crippen LogP contribution is 2.31. The number of nitrogens with zero attached hydrogens (tertiary/aromatic N) is 2. The predicted molar refractivity (Wildman–Crippen MR) is 130 cm³/mol. The number of rotatable bonds is 8. The number of hydrogen-bond acceptors (Lipinski definition) is 7. The number of benzene rings is 3. The first-order chi connectivity index (χ1) is 16.4. The summed E-state index contributed by atoms with van der Waals surface area (Å²) >= 11 is 3.45. The van der Waals surface area contributed by atoms with Crippen molar-refractivity contribution in [2.24, 2.45) is 4.99 Å². The van der Waals surface area contributed by atoms with Crippen LogP contribution in [0.25, 0.3) is 6.08 Å². The Morgan fingerprint density at radius 2 is 1.85 bits per heavy atom. The van der Waals surface area contributed by atoms with Gasteiger partial charge in [-0.2, -0.15) is 0 Å². The van der Waals surface area contributed by atoms with Crippen molar-refractivity contribution in [3.63, 3.8) is 0 Å². The third-order valence-corrected chi connectivity index (χ3v) is 5.29. The van der Waals surface area contributed by atoms with Crippen LogP contribution in [0, 0.1) is 10.1 Å². The molecular formula is C25H19BrN2O6. The summed E-state index contributed by atoms with van der Waals surface area (Å²) in [5.74, 6) is 0.595. The van der Waals surface area contributed by atoms with Crippen molar-refractivity contribution < 1.29 is 23.9 Å². The molecule has 34 heavy (non-hydrogen) atoms. The van der Waals surface area contributed by atoms with Gasteiger partial charge >= 0.3 is 5.97 Å². The fourth-order valence-electron chi connectivity index (χ4n) is 3.21. The summed E-state index contributed by atoms with van der Waals surface area (Å²) < 4.78 is 17.9. The molecule has 3 aromatic carbocycles. The van der Waals surface area contributed by atoms with Crippen molar-refractivity contribution in [2.45, 2.75) is 13.5 Å². The van der Waals surface area contributed by atoms with E-state index in [4.69, 9.17) is 14.2 Å². The molecular weight excluding hydrogens is 504 g/mol. The van der Waals surface area contributed by atoms with Gasteiger partial charge in [-0.1, -0.05) is 34.1 Å². The van der Waals surface area contributed by atoms with Gasteiger partial charge in [0.2, 0.25) is 5.90 Å². The van der Waals surface area contributed by atoms with Gasteiger partial charge in [0.1, 0.15) is 6.61 Å². The summed E-state index contributed by atoms with van der Waals surface area (Å²) in [6.45, 7) is 2.69. The van der Waals surface area contributed by atoms with E-state index >= 15 is 0 Å². The van der Waals surface area contributed by atoms with Gasteiger partial charge in [-0.25, -0.2) is 9.79 Å². The average molecular weight is 523 g/mol. The number of esters is 1. The van der Waals surface area contributed by atoms with Gasteiger partial charge in [-0.3, -0.25) is 10.1 Å². The molecule has 0 radical (unpaired) electrons. The highest BCUT2D eigenvalue weighted by atomic mass is 79.9. The molecule has 0 spiro atoms. The third-order valence-electron chi connectivity index (χ3n) is 4.80. The van der Waals surface area contributed by atoms with Crippen LogP contribution in [0.3, 0.4) is 0 Å². The van der Waals surface area contributed by atoms with E-state index < -0.39 is 10.9 Å². The molecule has 8 nitrogen and oxygen atoms in total. The van der Waals surface area contributed by atoms with Crippen LogP contribution in [0.15, 0.2) is 81.9 Å². The lowest BCUT2D eigenvalue weighted by Crippen LogP contribution is -2.05. The van der Waals surface area contributed by atoms with Crippen LogP contribution in [-0.4, -0.2) is 23.4 Å². The van der Waals surface area contributed by atoms with Crippen LogP contribution in [-0.2, 0) is 16.1 Å². The van der Waals surface area contributed by atoms with E-state index in [1.54, 1.807) is 24.3 Å². The zero-order chi connectivity index (χ0) is 24.1. The number of halogens is 1. The van der Waals surface area contributed by atoms with E-state index in [2.05, 4.69) is 20.9 Å². The van der Waals surface area contributed by atoms with Crippen LogP contribution < -0.4 is 9.47 Å². The molecule has 0 bridgehead atoms. The smallest absolute Gasteiger partial charge is 0.363 e. The van der Waals surface area contributed by atoms with Gasteiger partial charge in [0.15, 0.2) is 17.2 Å². The lowest BCUT2D eigenvalue weighted by Gasteiger charge is -2.13. The largest absolute Gasteiger partial charge is 0.490 e. The SMILES string of the molecule is CCOc1cc(/C=C2\N=C(c3ccc([N+](=O)[O-])cc3)OC2=O)ccc1OCc1cccc(Br)c1. The second kappa shape index (κ2) is 10.3. The minimum Gasteiger partial charge on any atom is -0.490 e. The number of hydrogen-bond donors (Lipinski definition) is 0. The summed E-state index contributed by atoms with van der Waals surface area (Å²) in [5.41, 5.74) is 2.20. The van der Waals surface area contributed by atoms with Gasteiger partial charge in [0.25, 0.3) is 5.69 Å². The molecule has 1 heterocycles. The van der Waals surface area contributed by atoms with Gasteiger partial charge in [0.05, 0.1) is 11.5 Å².